The van der Waals surface area contributed by atoms with Gasteiger partial charge in [0.05, 0.1) is 33.7 Å². The number of hydrogen-bond donors (Lipinski definition) is 3. The highest BCUT2D eigenvalue weighted by molar-refractivity contribution is 6.32. The van der Waals surface area contributed by atoms with Crippen LogP contribution < -0.4 is 0 Å². The highest BCUT2D eigenvalue weighted by Crippen LogP contribution is 2.60. The number of alkyl halides is 4. The third-order valence-electron chi connectivity index (χ3n) is 10.8. The number of hydrogen-bond acceptors (Lipinski definition) is 7. The van der Waals surface area contributed by atoms with Crippen LogP contribution in [0.1, 0.15) is 55.2 Å². The summed E-state index contributed by atoms with van der Waals surface area (Å²) in [4.78, 5) is 6.19. The van der Waals surface area contributed by atoms with E-state index in [0.29, 0.717) is 29.4 Å². The van der Waals surface area contributed by atoms with Crippen LogP contribution in [0, 0.1) is 0 Å². The summed E-state index contributed by atoms with van der Waals surface area (Å²) in [5, 5.41) is 33.7. The van der Waals surface area contributed by atoms with Crippen LogP contribution in [-0.4, -0.2) is 84.1 Å². The first-order valence-corrected chi connectivity index (χ1v) is 21.0. The number of aromatic nitrogens is 6. The van der Waals surface area contributed by atoms with Crippen LogP contribution in [0.5, 0.6) is 0 Å². The van der Waals surface area contributed by atoms with E-state index < -0.39 is 21.0 Å². The molecule has 56 heavy (non-hydrogen) atoms. The standard InChI is InChI=1S/C14H15Cl2N3O.C12H13Cl3O.C12H12Cl2O.C2H3N3/c15-12-4-2-1-3-11(12)7-14(20,13(16)5-6-13)8-19-10-17-9-18-19;13-8-12(16,11(15)5-6-11)7-9-3-1-2-4-10(9)14;13-10-4-2-1-3-9(10)7-12(8-15-12)11(14)5-6-11;1-3-2-5-4-1/h1-4,9-10,20H,5-8H2;1-4,16H,5-8H2;1-4H,5-8H2;1-2H,(H,3,4,5). The van der Waals surface area contributed by atoms with E-state index in [-0.39, 0.29) is 16.4 Å². The Kier molecular flexibility index (Phi) is 14.0. The molecule has 3 unspecified atom stereocenters. The Morgan fingerprint density at radius 2 is 1.20 bits per heavy atom. The van der Waals surface area contributed by atoms with E-state index in [1.54, 1.807) is 17.1 Å². The van der Waals surface area contributed by atoms with Crippen molar-refractivity contribution in [2.75, 3.05) is 12.5 Å². The second-order valence-electron chi connectivity index (χ2n) is 14.9. The van der Waals surface area contributed by atoms with Gasteiger partial charge in [0.25, 0.3) is 0 Å². The maximum Gasteiger partial charge on any atom is 0.137 e. The molecular formula is C40H43Cl7N6O3. The first-order valence-electron chi connectivity index (χ1n) is 18.2. The minimum absolute atomic E-state index is 0.105. The van der Waals surface area contributed by atoms with Gasteiger partial charge in [-0.15, -0.1) is 46.4 Å². The Morgan fingerprint density at radius 3 is 1.57 bits per heavy atom. The van der Waals surface area contributed by atoms with Crippen LogP contribution in [0.25, 0.3) is 0 Å². The molecule has 1 saturated heterocycles. The molecule has 9 rings (SSSR count). The normalized spacial score (nSPS) is 22.2. The molecule has 3 N–H and O–H groups in total. The largest absolute Gasteiger partial charge is 0.386 e. The number of aliphatic hydroxyl groups is 2. The summed E-state index contributed by atoms with van der Waals surface area (Å²) >= 11 is 43.5. The molecule has 3 aliphatic carbocycles. The quantitative estimate of drug-likeness (QED) is 0.0842. The van der Waals surface area contributed by atoms with Crippen molar-refractivity contribution in [2.45, 2.75) is 95.8 Å². The van der Waals surface area contributed by atoms with Gasteiger partial charge in [0, 0.05) is 34.3 Å². The number of aromatic amines is 1. The van der Waals surface area contributed by atoms with E-state index in [2.05, 4.69) is 25.3 Å². The van der Waals surface area contributed by atoms with Crippen molar-refractivity contribution in [2.24, 2.45) is 0 Å². The Bertz CT molecular complexity index is 1990. The van der Waals surface area contributed by atoms with Crippen molar-refractivity contribution in [3.63, 3.8) is 0 Å². The maximum atomic E-state index is 11.1. The molecule has 0 bridgehead atoms. The van der Waals surface area contributed by atoms with Crippen molar-refractivity contribution in [3.8, 4) is 0 Å². The van der Waals surface area contributed by atoms with Gasteiger partial charge in [-0.2, -0.15) is 10.2 Å². The minimum Gasteiger partial charge on any atom is -0.386 e. The van der Waals surface area contributed by atoms with Crippen LogP contribution in [0.2, 0.25) is 15.1 Å². The zero-order chi connectivity index (χ0) is 40.1. The molecule has 9 nitrogen and oxygen atoms in total. The molecule has 16 heteroatoms. The second kappa shape index (κ2) is 18.0. The van der Waals surface area contributed by atoms with E-state index in [4.69, 9.17) is 85.9 Å². The molecule has 5 aromatic rings. The summed E-state index contributed by atoms with van der Waals surface area (Å²) in [6.45, 7) is 1.09. The zero-order valence-electron chi connectivity index (χ0n) is 30.4. The highest BCUT2D eigenvalue weighted by Gasteiger charge is 2.67. The second-order valence-corrected chi connectivity index (χ2v) is 18.6. The van der Waals surface area contributed by atoms with E-state index in [1.165, 1.54) is 19.0 Å². The molecule has 300 valence electrons. The summed E-state index contributed by atoms with van der Waals surface area (Å²) in [6, 6.07) is 22.9. The van der Waals surface area contributed by atoms with Crippen LogP contribution in [-0.2, 0) is 30.5 Å². The predicted molar refractivity (Wildman–Crippen MR) is 225 cm³/mol. The topological polar surface area (TPSA) is 125 Å². The third-order valence-corrected chi connectivity index (χ3v) is 14.5. The molecule has 4 fully saturated rings. The number of nitrogens with one attached hydrogen (secondary N) is 1. The fraction of sp³-hybridized carbons (Fsp3) is 0.450. The van der Waals surface area contributed by atoms with E-state index in [1.807, 2.05) is 66.7 Å². The van der Waals surface area contributed by atoms with Gasteiger partial charge in [0.2, 0.25) is 0 Å². The van der Waals surface area contributed by atoms with Crippen molar-refractivity contribution in [1.82, 2.24) is 29.9 Å². The lowest BCUT2D eigenvalue weighted by atomic mass is 9.89. The molecule has 0 amide bonds. The van der Waals surface area contributed by atoms with Gasteiger partial charge in [-0.1, -0.05) is 89.4 Å². The van der Waals surface area contributed by atoms with Gasteiger partial charge >= 0.3 is 0 Å². The zero-order valence-corrected chi connectivity index (χ0v) is 35.7. The van der Waals surface area contributed by atoms with Crippen molar-refractivity contribution >= 4 is 81.2 Å². The monoisotopic (exact) mass is 900 g/mol. The van der Waals surface area contributed by atoms with E-state index >= 15 is 0 Å². The SMILES string of the molecule is Clc1ccccc1CC1(C2(Cl)CC2)CO1.OC(CCl)(Cc1ccccc1Cl)C1(Cl)CC1.OC(Cc1ccccc1Cl)(Cn1cncn1)C1(Cl)CC1.c1nc[nH]n1. The summed E-state index contributed by atoms with van der Waals surface area (Å²) in [5.41, 5.74) is 0.639. The molecule has 0 radical (unpaired) electrons. The number of halogens is 7. The highest BCUT2D eigenvalue weighted by atomic mass is 35.5. The third kappa shape index (κ3) is 10.5. The molecule has 4 aliphatic rings. The number of epoxide rings is 1. The average molecular weight is 904 g/mol. The molecule has 3 heterocycles. The van der Waals surface area contributed by atoms with Gasteiger partial charge in [-0.25, -0.2) is 14.6 Å². The number of ether oxygens (including phenoxy) is 1. The number of benzene rings is 3. The molecule has 3 atom stereocenters. The summed E-state index contributed by atoms with van der Waals surface area (Å²) < 4.78 is 7.20. The first-order chi connectivity index (χ1) is 26.7. The van der Waals surface area contributed by atoms with Crippen molar-refractivity contribution in [1.29, 1.82) is 0 Å². The maximum absolute atomic E-state index is 11.1. The predicted octanol–water partition coefficient (Wildman–Crippen LogP) is 9.53. The van der Waals surface area contributed by atoms with E-state index in [0.717, 1.165) is 73.3 Å². The van der Waals surface area contributed by atoms with Gasteiger partial charge in [-0.05, 0) is 73.4 Å². The fourth-order valence-electron chi connectivity index (χ4n) is 6.62. The van der Waals surface area contributed by atoms with Crippen LogP contribution >= 0.6 is 81.2 Å². The van der Waals surface area contributed by atoms with Crippen molar-refractivity contribution < 1.29 is 14.9 Å². The molecule has 2 aromatic heterocycles. The van der Waals surface area contributed by atoms with Gasteiger partial charge < -0.3 is 14.9 Å². The molecular weight excluding hydrogens is 861 g/mol. The Hall–Kier alpha value is -2.15. The van der Waals surface area contributed by atoms with Gasteiger partial charge in [0.1, 0.15) is 42.1 Å². The Labute approximate surface area is 361 Å². The molecule has 1 aliphatic heterocycles. The molecule has 3 saturated carbocycles. The van der Waals surface area contributed by atoms with Crippen LogP contribution in [0.4, 0.5) is 0 Å². The number of rotatable bonds is 12. The minimum atomic E-state index is -1.09. The van der Waals surface area contributed by atoms with Gasteiger partial charge in [-0.3, -0.25) is 5.10 Å². The van der Waals surface area contributed by atoms with Crippen LogP contribution in [0.15, 0.2) is 98.1 Å². The lowest BCUT2D eigenvalue weighted by Crippen LogP contribution is -2.47. The summed E-state index contributed by atoms with van der Waals surface area (Å²) in [6.07, 6.45) is 13.0. The Morgan fingerprint density at radius 1 is 0.696 bits per heavy atom. The fourth-order valence-corrected chi connectivity index (χ4v) is 8.36. The smallest absolute Gasteiger partial charge is 0.137 e. The summed E-state index contributed by atoms with van der Waals surface area (Å²) in [7, 11) is 0. The Balaban J connectivity index is 0.000000135. The molecule has 3 aromatic carbocycles. The lowest BCUT2D eigenvalue weighted by Gasteiger charge is -2.33. The number of H-pyrrole nitrogens is 1. The van der Waals surface area contributed by atoms with E-state index in [9.17, 15) is 10.2 Å². The van der Waals surface area contributed by atoms with Gasteiger partial charge in [0.15, 0.2) is 0 Å². The molecule has 0 spiro atoms. The number of nitrogens with zero attached hydrogens (tertiary/aromatic N) is 5. The first kappa shape index (κ1) is 43.4. The van der Waals surface area contributed by atoms with Crippen LogP contribution in [0.3, 0.4) is 0 Å². The summed E-state index contributed by atoms with van der Waals surface area (Å²) in [5.74, 6) is 0.127. The van der Waals surface area contributed by atoms with Crippen molar-refractivity contribution in [3.05, 3.63) is 130 Å². The lowest BCUT2D eigenvalue weighted by molar-refractivity contribution is 0.00766. The average Bonchev–Trinajstić information content (AvgIpc) is 4.16.